The van der Waals surface area contributed by atoms with Crippen molar-refractivity contribution in [3.05, 3.63) is 94.6 Å². The number of ether oxygens (including phenoxy) is 1. The molecule has 4 rings (SSSR count). The molecule has 1 saturated heterocycles. The van der Waals surface area contributed by atoms with Crippen LogP contribution in [0.2, 0.25) is 0 Å². The highest BCUT2D eigenvalue weighted by Gasteiger charge is 2.47. The number of aliphatic hydroxyl groups is 1. The van der Waals surface area contributed by atoms with Gasteiger partial charge in [0.2, 0.25) is 0 Å². The van der Waals surface area contributed by atoms with Crippen LogP contribution in [-0.4, -0.2) is 38.0 Å². The highest BCUT2D eigenvalue weighted by molar-refractivity contribution is 6.51. The summed E-state index contributed by atoms with van der Waals surface area (Å²) in [6.45, 7) is 3.84. The first kappa shape index (κ1) is 23.1. The maximum absolute atomic E-state index is 13.4. The van der Waals surface area contributed by atoms with Gasteiger partial charge in [-0.3, -0.25) is 14.5 Å². The number of Topliss-reactive ketones (excluding diaryl/α,β-unsaturated/α-hetero) is 1. The highest BCUT2D eigenvalue weighted by Crippen LogP contribution is 2.43. The van der Waals surface area contributed by atoms with Crippen molar-refractivity contribution in [3.8, 4) is 5.75 Å². The second-order valence-corrected chi connectivity index (χ2v) is 8.70. The Bertz CT molecular complexity index is 1290. The number of carbonyl (C=O) groups is 2. The van der Waals surface area contributed by atoms with E-state index in [1.165, 1.54) is 12.0 Å². The van der Waals surface area contributed by atoms with Gasteiger partial charge >= 0.3 is 0 Å². The van der Waals surface area contributed by atoms with Gasteiger partial charge in [0, 0.05) is 25.5 Å². The molecule has 0 saturated carbocycles. The molecule has 1 aliphatic rings. The molecule has 0 aromatic heterocycles. The van der Waals surface area contributed by atoms with E-state index in [0.717, 1.165) is 22.4 Å². The minimum Gasteiger partial charge on any atom is -0.507 e. The summed E-state index contributed by atoms with van der Waals surface area (Å²) in [7, 11) is 5.37. The first-order valence-electron chi connectivity index (χ1n) is 11.0. The maximum atomic E-state index is 13.4. The van der Waals surface area contributed by atoms with Crippen molar-refractivity contribution in [2.75, 3.05) is 31.0 Å². The van der Waals surface area contributed by atoms with E-state index in [2.05, 4.69) is 0 Å². The first-order valence-corrected chi connectivity index (χ1v) is 11.0. The second-order valence-electron chi connectivity index (χ2n) is 8.70. The summed E-state index contributed by atoms with van der Waals surface area (Å²) in [5, 5.41) is 11.4. The van der Waals surface area contributed by atoms with Crippen molar-refractivity contribution in [1.82, 2.24) is 0 Å². The van der Waals surface area contributed by atoms with E-state index in [1.807, 2.05) is 87.4 Å². The predicted molar refractivity (Wildman–Crippen MR) is 134 cm³/mol. The SMILES string of the molecule is COc1ccc(C)cc1/C(O)=C1\C(=O)C(=O)N(c2ccc(N(C)C)cc2)C1c1cccc(C)c1. The van der Waals surface area contributed by atoms with E-state index in [0.29, 0.717) is 17.0 Å². The number of aliphatic hydroxyl groups excluding tert-OH is 1. The number of hydrogen-bond donors (Lipinski definition) is 1. The summed E-state index contributed by atoms with van der Waals surface area (Å²) in [5.41, 5.74) is 4.58. The number of benzene rings is 3. The van der Waals surface area contributed by atoms with Gasteiger partial charge in [-0.1, -0.05) is 41.5 Å². The van der Waals surface area contributed by atoms with Crippen LogP contribution in [0.5, 0.6) is 5.75 Å². The van der Waals surface area contributed by atoms with Crippen LogP contribution in [0, 0.1) is 13.8 Å². The van der Waals surface area contributed by atoms with Crippen molar-refractivity contribution in [3.63, 3.8) is 0 Å². The molecule has 0 aliphatic carbocycles. The van der Waals surface area contributed by atoms with Gasteiger partial charge in [0.15, 0.2) is 0 Å². The molecule has 1 unspecified atom stereocenters. The molecule has 6 nitrogen and oxygen atoms in total. The molecule has 3 aromatic carbocycles. The minimum atomic E-state index is -0.782. The van der Waals surface area contributed by atoms with Crippen molar-refractivity contribution < 1.29 is 19.4 Å². The molecule has 0 radical (unpaired) electrons. The lowest BCUT2D eigenvalue weighted by molar-refractivity contribution is -0.132. The van der Waals surface area contributed by atoms with Crippen LogP contribution in [0.15, 0.2) is 72.3 Å². The van der Waals surface area contributed by atoms with Crippen molar-refractivity contribution in [2.45, 2.75) is 19.9 Å². The van der Waals surface area contributed by atoms with Crippen LogP contribution < -0.4 is 14.5 Å². The van der Waals surface area contributed by atoms with Gasteiger partial charge in [-0.25, -0.2) is 0 Å². The van der Waals surface area contributed by atoms with Gasteiger partial charge in [-0.15, -0.1) is 0 Å². The molecule has 3 aromatic rings. The van der Waals surface area contributed by atoms with Crippen LogP contribution in [0.3, 0.4) is 0 Å². The first-order chi connectivity index (χ1) is 16.2. The van der Waals surface area contributed by atoms with Gasteiger partial charge < -0.3 is 14.7 Å². The third-order valence-corrected chi connectivity index (χ3v) is 6.06. The number of hydrogen-bond acceptors (Lipinski definition) is 5. The molecule has 1 aliphatic heterocycles. The lowest BCUT2D eigenvalue weighted by Crippen LogP contribution is -2.29. The molecule has 1 heterocycles. The second kappa shape index (κ2) is 9.06. The Morgan fingerprint density at radius 1 is 0.941 bits per heavy atom. The number of ketones is 1. The van der Waals surface area contributed by atoms with E-state index in [4.69, 9.17) is 4.74 Å². The molecular weight excluding hydrogens is 428 g/mol. The monoisotopic (exact) mass is 456 g/mol. The molecule has 1 fully saturated rings. The van der Waals surface area contributed by atoms with Crippen LogP contribution in [0.25, 0.3) is 5.76 Å². The Morgan fingerprint density at radius 3 is 2.24 bits per heavy atom. The normalized spacial score (nSPS) is 17.2. The Balaban J connectivity index is 1.96. The van der Waals surface area contributed by atoms with E-state index in [9.17, 15) is 14.7 Å². The van der Waals surface area contributed by atoms with E-state index in [1.54, 1.807) is 12.1 Å². The van der Waals surface area contributed by atoms with Crippen LogP contribution >= 0.6 is 0 Å². The van der Waals surface area contributed by atoms with Crippen LogP contribution in [0.4, 0.5) is 11.4 Å². The molecular formula is C28H28N2O4. The van der Waals surface area contributed by atoms with Crippen molar-refractivity contribution >= 4 is 28.8 Å². The summed E-state index contributed by atoms with van der Waals surface area (Å²) in [4.78, 5) is 30.1. The molecule has 1 atom stereocenters. The summed E-state index contributed by atoms with van der Waals surface area (Å²) < 4.78 is 5.44. The lowest BCUT2D eigenvalue weighted by atomic mass is 9.93. The fraction of sp³-hybridized carbons (Fsp3) is 0.214. The predicted octanol–water partition coefficient (Wildman–Crippen LogP) is 5.00. The Hall–Kier alpha value is -4.06. The van der Waals surface area contributed by atoms with E-state index in [-0.39, 0.29) is 11.3 Å². The third kappa shape index (κ3) is 4.03. The smallest absolute Gasteiger partial charge is 0.300 e. The summed E-state index contributed by atoms with van der Waals surface area (Å²) in [6.07, 6.45) is 0. The summed E-state index contributed by atoms with van der Waals surface area (Å²) in [5.74, 6) is -1.24. The molecule has 1 amide bonds. The van der Waals surface area contributed by atoms with Gasteiger partial charge in [0.05, 0.1) is 24.3 Å². The van der Waals surface area contributed by atoms with E-state index < -0.39 is 17.7 Å². The molecule has 174 valence electrons. The topological polar surface area (TPSA) is 70.1 Å². The Kier molecular flexibility index (Phi) is 6.16. The largest absolute Gasteiger partial charge is 0.507 e. The fourth-order valence-electron chi connectivity index (χ4n) is 4.32. The molecule has 34 heavy (non-hydrogen) atoms. The number of amides is 1. The fourth-order valence-corrected chi connectivity index (χ4v) is 4.32. The van der Waals surface area contributed by atoms with Crippen molar-refractivity contribution in [2.24, 2.45) is 0 Å². The standard InChI is InChI=1S/C28H28N2O4/c1-17-7-6-8-19(15-17)25-24(26(31)22-16-18(2)9-14-23(22)34-5)27(32)28(33)30(25)21-12-10-20(11-13-21)29(3)4/h6-16,25,31H,1-5H3/b26-24+. The lowest BCUT2D eigenvalue weighted by Gasteiger charge is -2.26. The molecule has 1 N–H and O–H groups in total. The highest BCUT2D eigenvalue weighted by atomic mass is 16.5. The number of anilines is 2. The average molecular weight is 457 g/mol. The van der Waals surface area contributed by atoms with Gasteiger partial charge in [0.25, 0.3) is 11.7 Å². The minimum absolute atomic E-state index is 0.0381. The van der Waals surface area contributed by atoms with E-state index >= 15 is 0 Å². The van der Waals surface area contributed by atoms with Crippen LogP contribution in [0.1, 0.15) is 28.3 Å². The number of rotatable bonds is 5. The Labute approximate surface area is 199 Å². The van der Waals surface area contributed by atoms with Crippen LogP contribution in [-0.2, 0) is 9.59 Å². The maximum Gasteiger partial charge on any atom is 0.300 e. The number of carbonyl (C=O) groups excluding carboxylic acids is 2. The average Bonchev–Trinajstić information content (AvgIpc) is 3.09. The van der Waals surface area contributed by atoms with Gasteiger partial charge in [0.1, 0.15) is 11.5 Å². The number of methoxy groups -OCH3 is 1. The molecule has 0 spiro atoms. The summed E-state index contributed by atoms with van der Waals surface area (Å²) in [6, 6.07) is 19.6. The zero-order valence-corrected chi connectivity index (χ0v) is 20.0. The molecule has 0 bridgehead atoms. The quantitative estimate of drug-likeness (QED) is 0.332. The zero-order valence-electron chi connectivity index (χ0n) is 20.0. The van der Waals surface area contributed by atoms with Crippen molar-refractivity contribution in [1.29, 1.82) is 0 Å². The van der Waals surface area contributed by atoms with Gasteiger partial charge in [-0.2, -0.15) is 0 Å². The molecule has 6 heteroatoms. The summed E-state index contributed by atoms with van der Waals surface area (Å²) >= 11 is 0. The third-order valence-electron chi connectivity index (χ3n) is 6.06. The van der Waals surface area contributed by atoms with Gasteiger partial charge in [-0.05, 0) is 55.8 Å². The zero-order chi connectivity index (χ0) is 24.6. The Morgan fingerprint density at radius 2 is 1.62 bits per heavy atom. The number of nitrogens with zero attached hydrogens (tertiary/aromatic N) is 2. The number of aryl methyl sites for hydroxylation is 2.